The normalized spacial score (nSPS) is 26.4. The summed E-state index contributed by atoms with van der Waals surface area (Å²) in [5, 5.41) is 1.24. The van der Waals surface area contributed by atoms with Gasteiger partial charge in [-0.1, -0.05) is 36.2 Å². The van der Waals surface area contributed by atoms with Crippen molar-refractivity contribution in [1.82, 2.24) is 4.90 Å². The monoisotopic (exact) mass is 300 g/mol. The van der Waals surface area contributed by atoms with E-state index >= 15 is 0 Å². The Morgan fingerprint density at radius 3 is 2.74 bits per heavy atom. The third kappa shape index (κ3) is 3.25. The van der Waals surface area contributed by atoms with Crippen LogP contribution in [0.2, 0.25) is 10.0 Å². The Morgan fingerprint density at radius 2 is 2.11 bits per heavy atom. The highest BCUT2D eigenvalue weighted by Gasteiger charge is 2.31. The minimum absolute atomic E-state index is 0.325. The van der Waals surface area contributed by atoms with Gasteiger partial charge < -0.3 is 5.73 Å². The van der Waals surface area contributed by atoms with Crippen LogP contribution < -0.4 is 5.73 Å². The maximum absolute atomic E-state index is 6.12. The van der Waals surface area contributed by atoms with Crippen molar-refractivity contribution in [2.75, 3.05) is 13.1 Å². The molecule has 0 aliphatic carbocycles. The topological polar surface area (TPSA) is 29.3 Å². The molecule has 1 aromatic rings. The number of piperidine rings is 1. The lowest BCUT2D eigenvalue weighted by molar-refractivity contribution is 0.0690. The Hall–Kier alpha value is -0.280. The van der Waals surface area contributed by atoms with E-state index in [1.54, 1.807) is 0 Å². The van der Waals surface area contributed by atoms with Gasteiger partial charge in [0.25, 0.3) is 0 Å². The Bertz CT molecular complexity index is 436. The molecule has 1 aromatic carbocycles. The predicted molar refractivity (Wildman–Crippen MR) is 82.8 cm³/mol. The molecule has 0 radical (unpaired) electrons. The lowest BCUT2D eigenvalue weighted by atomic mass is 9.88. The van der Waals surface area contributed by atoms with Crippen molar-refractivity contribution >= 4 is 23.2 Å². The molecule has 0 spiro atoms. The summed E-state index contributed by atoms with van der Waals surface area (Å²) in [6, 6.07) is 6.69. The van der Waals surface area contributed by atoms with Gasteiger partial charge in [-0.05, 0) is 49.9 Å². The highest BCUT2D eigenvalue weighted by molar-refractivity contribution is 6.42. The first-order chi connectivity index (χ1) is 9.04. The smallest absolute Gasteiger partial charge is 0.0595 e. The molecule has 2 rings (SSSR count). The molecule has 3 atom stereocenters. The van der Waals surface area contributed by atoms with E-state index in [1.165, 1.54) is 18.4 Å². The molecule has 2 N–H and O–H groups in total. The molecule has 0 saturated carbocycles. The third-order valence-electron chi connectivity index (χ3n) is 4.32. The molecule has 1 heterocycles. The summed E-state index contributed by atoms with van der Waals surface area (Å²) in [7, 11) is 0. The Kier molecular flexibility index (Phi) is 5.13. The lowest BCUT2D eigenvalue weighted by Crippen LogP contribution is -2.49. The van der Waals surface area contributed by atoms with Gasteiger partial charge in [0.05, 0.1) is 10.0 Å². The zero-order valence-electron chi connectivity index (χ0n) is 11.6. The van der Waals surface area contributed by atoms with Crippen molar-refractivity contribution in [2.24, 2.45) is 11.7 Å². The van der Waals surface area contributed by atoms with Gasteiger partial charge in [-0.3, -0.25) is 4.90 Å². The standard InChI is InChI=1S/C15H22Cl2N2/c1-10-4-3-7-19(15(10)9-18)11(2)12-5-6-13(16)14(17)8-12/h5-6,8,10-11,15H,3-4,7,9,18H2,1-2H3. The van der Waals surface area contributed by atoms with Gasteiger partial charge in [0, 0.05) is 18.6 Å². The van der Waals surface area contributed by atoms with Crippen molar-refractivity contribution < 1.29 is 0 Å². The quantitative estimate of drug-likeness (QED) is 0.910. The molecule has 1 fully saturated rings. The average Bonchev–Trinajstić information content (AvgIpc) is 2.40. The molecule has 3 unspecified atom stereocenters. The van der Waals surface area contributed by atoms with Crippen LogP contribution in [0.25, 0.3) is 0 Å². The van der Waals surface area contributed by atoms with Crippen LogP contribution in [0, 0.1) is 5.92 Å². The second-order valence-electron chi connectivity index (χ2n) is 5.51. The van der Waals surface area contributed by atoms with Crippen molar-refractivity contribution in [3.8, 4) is 0 Å². The van der Waals surface area contributed by atoms with Gasteiger partial charge in [0.1, 0.15) is 0 Å². The van der Waals surface area contributed by atoms with Crippen LogP contribution in [0.5, 0.6) is 0 Å². The van der Waals surface area contributed by atoms with E-state index in [0.717, 1.165) is 6.54 Å². The Labute approximate surface area is 125 Å². The molecule has 0 amide bonds. The van der Waals surface area contributed by atoms with Gasteiger partial charge in [-0.2, -0.15) is 0 Å². The number of halogens is 2. The highest BCUT2D eigenvalue weighted by atomic mass is 35.5. The number of rotatable bonds is 3. The van der Waals surface area contributed by atoms with Gasteiger partial charge in [0.15, 0.2) is 0 Å². The van der Waals surface area contributed by atoms with Crippen molar-refractivity contribution in [3.05, 3.63) is 33.8 Å². The van der Waals surface area contributed by atoms with Gasteiger partial charge in [-0.15, -0.1) is 0 Å². The number of hydrogen-bond donors (Lipinski definition) is 1. The fraction of sp³-hybridized carbons (Fsp3) is 0.600. The van der Waals surface area contributed by atoms with Crippen LogP contribution in [0.4, 0.5) is 0 Å². The maximum Gasteiger partial charge on any atom is 0.0595 e. The Morgan fingerprint density at radius 1 is 1.37 bits per heavy atom. The average molecular weight is 301 g/mol. The van der Waals surface area contributed by atoms with Crippen LogP contribution in [0.1, 0.15) is 38.3 Å². The van der Waals surface area contributed by atoms with E-state index < -0.39 is 0 Å². The van der Waals surface area contributed by atoms with Crippen LogP contribution in [0.3, 0.4) is 0 Å². The van der Waals surface area contributed by atoms with E-state index in [-0.39, 0.29) is 0 Å². The van der Waals surface area contributed by atoms with Crippen LogP contribution in [-0.2, 0) is 0 Å². The van der Waals surface area contributed by atoms with Gasteiger partial charge >= 0.3 is 0 Å². The molecule has 4 heteroatoms. The fourth-order valence-corrected chi connectivity index (χ4v) is 3.40. The molecule has 0 bridgehead atoms. The largest absolute Gasteiger partial charge is 0.329 e. The molecule has 106 valence electrons. The Balaban J connectivity index is 2.21. The number of likely N-dealkylation sites (tertiary alicyclic amines) is 1. The SMILES string of the molecule is CC1CCCN(C(C)c2ccc(Cl)c(Cl)c2)C1CN. The summed E-state index contributed by atoms with van der Waals surface area (Å²) in [4.78, 5) is 2.51. The molecular formula is C15H22Cl2N2. The van der Waals surface area contributed by atoms with E-state index in [9.17, 15) is 0 Å². The van der Waals surface area contributed by atoms with E-state index in [4.69, 9.17) is 28.9 Å². The van der Waals surface area contributed by atoms with E-state index in [1.807, 2.05) is 12.1 Å². The number of benzene rings is 1. The van der Waals surface area contributed by atoms with Crippen molar-refractivity contribution in [3.63, 3.8) is 0 Å². The molecule has 1 aliphatic heterocycles. The lowest BCUT2D eigenvalue weighted by Gasteiger charge is -2.43. The minimum atomic E-state index is 0.325. The predicted octanol–water partition coefficient (Wildman–Crippen LogP) is 4.11. The summed E-state index contributed by atoms with van der Waals surface area (Å²) in [5.74, 6) is 0.656. The zero-order chi connectivity index (χ0) is 14.0. The first-order valence-electron chi connectivity index (χ1n) is 6.95. The molecule has 1 saturated heterocycles. The van der Waals surface area contributed by atoms with E-state index in [2.05, 4.69) is 24.8 Å². The molecule has 1 aliphatic rings. The zero-order valence-corrected chi connectivity index (χ0v) is 13.1. The summed E-state index contributed by atoms with van der Waals surface area (Å²) in [5.41, 5.74) is 7.18. The molecule has 2 nitrogen and oxygen atoms in total. The number of hydrogen-bond acceptors (Lipinski definition) is 2. The maximum atomic E-state index is 6.12. The van der Waals surface area contributed by atoms with Crippen LogP contribution in [0.15, 0.2) is 18.2 Å². The number of nitrogens with zero attached hydrogens (tertiary/aromatic N) is 1. The fourth-order valence-electron chi connectivity index (χ4n) is 3.09. The summed E-state index contributed by atoms with van der Waals surface area (Å²) in [6.45, 7) is 6.34. The summed E-state index contributed by atoms with van der Waals surface area (Å²) >= 11 is 12.1. The second kappa shape index (κ2) is 6.45. The van der Waals surface area contributed by atoms with Crippen molar-refractivity contribution in [1.29, 1.82) is 0 Å². The first kappa shape index (κ1) is 15.1. The second-order valence-corrected chi connectivity index (χ2v) is 6.32. The van der Waals surface area contributed by atoms with Gasteiger partial charge in [0.2, 0.25) is 0 Å². The van der Waals surface area contributed by atoms with Crippen molar-refractivity contribution in [2.45, 2.75) is 38.8 Å². The van der Waals surface area contributed by atoms with E-state index in [0.29, 0.717) is 34.6 Å². The first-order valence-corrected chi connectivity index (χ1v) is 7.71. The van der Waals surface area contributed by atoms with Gasteiger partial charge in [-0.25, -0.2) is 0 Å². The minimum Gasteiger partial charge on any atom is -0.329 e. The molecular weight excluding hydrogens is 279 g/mol. The highest BCUT2D eigenvalue weighted by Crippen LogP contribution is 2.33. The molecule has 0 aromatic heterocycles. The summed E-state index contributed by atoms with van der Waals surface area (Å²) < 4.78 is 0. The third-order valence-corrected chi connectivity index (χ3v) is 5.06. The number of nitrogens with two attached hydrogens (primary N) is 1. The molecule has 19 heavy (non-hydrogen) atoms. The van der Waals surface area contributed by atoms with Crippen LogP contribution in [-0.4, -0.2) is 24.0 Å². The van der Waals surface area contributed by atoms with Crippen LogP contribution >= 0.6 is 23.2 Å². The summed E-state index contributed by atoms with van der Waals surface area (Å²) in [6.07, 6.45) is 2.51.